The van der Waals surface area contributed by atoms with E-state index in [1.807, 2.05) is 18.2 Å². The van der Waals surface area contributed by atoms with E-state index in [2.05, 4.69) is 32.8 Å². The number of benzene rings is 1. The molecule has 0 bridgehead atoms. The Morgan fingerprint density at radius 2 is 2.00 bits per heavy atom. The van der Waals surface area contributed by atoms with Crippen LogP contribution in [0.3, 0.4) is 0 Å². The molecule has 4 nitrogen and oxygen atoms in total. The highest BCUT2D eigenvalue weighted by Crippen LogP contribution is 2.29. The van der Waals surface area contributed by atoms with Gasteiger partial charge in [0.2, 0.25) is 0 Å². The molecule has 1 aliphatic rings. The molecule has 0 radical (unpaired) electrons. The molecule has 0 aromatic heterocycles. The van der Waals surface area contributed by atoms with E-state index >= 15 is 0 Å². The molecule has 5 heteroatoms. The van der Waals surface area contributed by atoms with E-state index in [4.69, 9.17) is 4.74 Å². The molecule has 0 aliphatic carbocycles. The van der Waals surface area contributed by atoms with Crippen molar-refractivity contribution in [3.63, 3.8) is 0 Å². The average Bonchev–Trinajstić information content (AvgIpc) is 2.42. The standard InChI is InChI=1S/C14H21BrN2O2/c1-16-5-7-17(8-6-16)9-10-19-14-12(11-18)3-2-4-13(14)15/h2-4,18H,5-11H2,1H3. The summed E-state index contributed by atoms with van der Waals surface area (Å²) < 4.78 is 6.73. The molecular weight excluding hydrogens is 308 g/mol. The van der Waals surface area contributed by atoms with Gasteiger partial charge < -0.3 is 14.7 Å². The number of likely N-dealkylation sites (N-methyl/N-ethyl adjacent to an activating group) is 1. The van der Waals surface area contributed by atoms with Gasteiger partial charge in [0, 0.05) is 38.3 Å². The number of hydrogen-bond donors (Lipinski definition) is 1. The van der Waals surface area contributed by atoms with Crippen molar-refractivity contribution < 1.29 is 9.84 Å². The Labute approximate surface area is 123 Å². The minimum atomic E-state index is 0.00326. The van der Waals surface area contributed by atoms with Crippen LogP contribution in [-0.2, 0) is 6.61 Å². The van der Waals surface area contributed by atoms with Crippen LogP contribution in [0.2, 0.25) is 0 Å². The third-order valence-corrected chi connectivity index (χ3v) is 4.09. The van der Waals surface area contributed by atoms with Crippen LogP contribution in [0, 0.1) is 0 Å². The number of aliphatic hydroxyl groups excluding tert-OH is 1. The lowest BCUT2D eigenvalue weighted by Crippen LogP contribution is -2.45. The summed E-state index contributed by atoms with van der Waals surface area (Å²) in [6, 6.07) is 5.73. The summed E-state index contributed by atoms with van der Waals surface area (Å²) in [6.45, 7) is 6.03. The first-order chi connectivity index (χ1) is 9.20. The molecule has 1 aromatic rings. The van der Waals surface area contributed by atoms with Gasteiger partial charge in [-0.1, -0.05) is 12.1 Å². The number of halogens is 1. The second-order valence-electron chi connectivity index (χ2n) is 4.88. The minimum absolute atomic E-state index is 0.00326. The van der Waals surface area contributed by atoms with Crippen molar-refractivity contribution in [3.8, 4) is 5.75 Å². The molecule has 1 saturated heterocycles. The molecule has 0 atom stereocenters. The molecule has 0 unspecified atom stereocenters. The highest BCUT2D eigenvalue weighted by atomic mass is 79.9. The van der Waals surface area contributed by atoms with Crippen LogP contribution in [0.25, 0.3) is 0 Å². The van der Waals surface area contributed by atoms with E-state index in [0.29, 0.717) is 6.61 Å². The van der Waals surface area contributed by atoms with Gasteiger partial charge in [0.25, 0.3) is 0 Å². The predicted octanol–water partition coefficient (Wildman–Crippen LogP) is 1.57. The maximum Gasteiger partial charge on any atom is 0.139 e. The second kappa shape index (κ2) is 7.24. The maximum absolute atomic E-state index is 9.30. The fourth-order valence-electron chi connectivity index (χ4n) is 2.19. The quantitative estimate of drug-likeness (QED) is 0.890. The number of ether oxygens (including phenoxy) is 1. The van der Waals surface area contributed by atoms with E-state index in [-0.39, 0.29) is 6.61 Å². The SMILES string of the molecule is CN1CCN(CCOc2c(Br)cccc2CO)CC1. The van der Waals surface area contributed by atoms with Crippen molar-refractivity contribution in [1.29, 1.82) is 0 Å². The van der Waals surface area contributed by atoms with Crippen molar-refractivity contribution in [2.45, 2.75) is 6.61 Å². The van der Waals surface area contributed by atoms with Gasteiger partial charge in [0.05, 0.1) is 11.1 Å². The number of hydrogen-bond acceptors (Lipinski definition) is 4. The lowest BCUT2D eigenvalue weighted by atomic mass is 10.2. The molecular formula is C14H21BrN2O2. The van der Waals surface area contributed by atoms with E-state index in [0.717, 1.165) is 48.5 Å². The van der Waals surface area contributed by atoms with Gasteiger partial charge in [0.15, 0.2) is 0 Å². The first-order valence-electron chi connectivity index (χ1n) is 6.62. The normalized spacial score (nSPS) is 17.6. The summed E-state index contributed by atoms with van der Waals surface area (Å²) in [7, 11) is 2.16. The van der Waals surface area contributed by atoms with Gasteiger partial charge in [-0.05, 0) is 29.0 Å². The molecule has 0 spiro atoms. The zero-order valence-corrected chi connectivity index (χ0v) is 12.9. The molecule has 19 heavy (non-hydrogen) atoms. The van der Waals surface area contributed by atoms with E-state index < -0.39 is 0 Å². The highest BCUT2D eigenvalue weighted by Gasteiger charge is 2.14. The van der Waals surface area contributed by atoms with E-state index in [9.17, 15) is 5.11 Å². The maximum atomic E-state index is 9.30. The topological polar surface area (TPSA) is 35.9 Å². The molecule has 1 fully saturated rings. The van der Waals surface area contributed by atoms with Gasteiger partial charge >= 0.3 is 0 Å². The van der Waals surface area contributed by atoms with Crippen molar-refractivity contribution >= 4 is 15.9 Å². The molecule has 1 aliphatic heterocycles. The largest absolute Gasteiger partial charge is 0.491 e. The van der Waals surface area contributed by atoms with Crippen LogP contribution in [0.5, 0.6) is 5.75 Å². The Kier molecular flexibility index (Phi) is 5.63. The van der Waals surface area contributed by atoms with Crippen LogP contribution < -0.4 is 4.74 Å². The highest BCUT2D eigenvalue weighted by molar-refractivity contribution is 9.10. The second-order valence-corrected chi connectivity index (χ2v) is 5.73. The first-order valence-corrected chi connectivity index (χ1v) is 7.42. The summed E-state index contributed by atoms with van der Waals surface area (Å²) in [4.78, 5) is 4.75. The first kappa shape index (κ1) is 14.8. The summed E-state index contributed by atoms with van der Waals surface area (Å²) in [5.74, 6) is 0.763. The summed E-state index contributed by atoms with van der Waals surface area (Å²) in [6.07, 6.45) is 0. The summed E-state index contributed by atoms with van der Waals surface area (Å²) in [5, 5.41) is 9.30. The fraction of sp³-hybridized carbons (Fsp3) is 0.571. The Morgan fingerprint density at radius 3 is 2.68 bits per heavy atom. The van der Waals surface area contributed by atoms with Crippen molar-refractivity contribution in [1.82, 2.24) is 9.80 Å². The lowest BCUT2D eigenvalue weighted by molar-refractivity contribution is 0.132. The minimum Gasteiger partial charge on any atom is -0.491 e. The summed E-state index contributed by atoms with van der Waals surface area (Å²) >= 11 is 3.47. The lowest BCUT2D eigenvalue weighted by Gasteiger charge is -2.32. The van der Waals surface area contributed by atoms with Gasteiger partial charge in [-0.3, -0.25) is 4.90 Å². The Bertz CT molecular complexity index is 406. The smallest absolute Gasteiger partial charge is 0.139 e. The van der Waals surface area contributed by atoms with Crippen molar-refractivity contribution in [2.24, 2.45) is 0 Å². The Balaban J connectivity index is 1.82. The molecule has 1 N–H and O–H groups in total. The van der Waals surface area contributed by atoms with Crippen molar-refractivity contribution in [2.75, 3.05) is 46.4 Å². The predicted molar refractivity (Wildman–Crippen MR) is 79.5 cm³/mol. The van der Waals surface area contributed by atoms with Crippen LogP contribution in [-0.4, -0.2) is 61.3 Å². The van der Waals surface area contributed by atoms with Crippen molar-refractivity contribution in [3.05, 3.63) is 28.2 Å². The third-order valence-electron chi connectivity index (χ3n) is 3.47. The Morgan fingerprint density at radius 1 is 1.26 bits per heavy atom. The molecule has 106 valence electrons. The zero-order chi connectivity index (χ0) is 13.7. The van der Waals surface area contributed by atoms with Crippen LogP contribution >= 0.6 is 15.9 Å². The average molecular weight is 329 g/mol. The van der Waals surface area contributed by atoms with Gasteiger partial charge in [-0.2, -0.15) is 0 Å². The fourth-order valence-corrected chi connectivity index (χ4v) is 2.71. The number of aliphatic hydroxyl groups is 1. The number of para-hydroxylation sites is 1. The number of rotatable bonds is 5. The number of piperazine rings is 1. The van der Waals surface area contributed by atoms with Gasteiger partial charge in [-0.25, -0.2) is 0 Å². The monoisotopic (exact) mass is 328 g/mol. The Hall–Kier alpha value is -0.620. The molecule has 1 heterocycles. The molecule has 0 saturated carbocycles. The number of nitrogens with zero attached hydrogens (tertiary/aromatic N) is 2. The zero-order valence-electron chi connectivity index (χ0n) is 11.3. The molecule has 1 aromatic carbocycles. The van der Waals surface area contributed by atoms with Crippen LogP contribution in [0.15, 0.2) is 22.7 Å². The van der Waals surface area contributed by atoms with Crippen LogP contribution in [0.4, 0.5) is 0 Å². The van der Waals surface area contributed by atoms with E-state index in [1.165, 1.54) is 0 Å². The van der Waals surface area contributed by atoms with Crippen LogP contribution in [0.1, 0.15) is 5.56 Å². The molecule has 2 rings (SSSR count). The van der Waals surface area contributed by atoms with E-state index in [1.54, 1.807) is 0 Å². The van der Waals surface area contributed by atoms with Gasteiger partial charge in [0.1, 0.15) is 12.4 Å². The van der Waals surface area contributed by atoms with Gasteiger partial charge in [-0.15, -0.1) is 0 Å². The molecule has 0 amide bonds. The summed E-state index contributed by atoms with van der Waals surface area (Å²) in [5.41, 5.74) is 0.827. The third kappa shape index (κ3) is 4.18.